The summed E-state index contributed by atoms with van der Waals surface area (Å²) in [5.74, 6) is 0.502. The Morgan fingerprint density at radius 1 is 1.07 bits per heavy atom. The number of nitrogens with one attached hydrogen (secondary N) is 1. The molecule has 0 unspecified atom stereocenters. The third kappa shape index (κ3) is 7.31. The van der Waals surface area contributed by atoms with Crippen LogP contribution < -0.4 is 10.1 Å². The number of carbonyl (C=O) groups is 2. The van der Waals surface area contributed by atoms with Gasteiger partial charge in [0.25, 0.3) is 0 Å². The zero-order valence-corrected chi connectivity index (χ0v) is 16.5. The van der Waals surface area contributed by atoms with Crippen LogP contribution in [0.4, 0.5) is 0 Å². The highest BCUT2D eigenvalue weighted by Crippen LogP contribution is 2.13. The van der Waals surface area contributed by atoms with E-state index < -0.39 is 0 Å². The summed E-state index contributed by atoms with van der Waals surface area (Å²) in [4.78, 5) is 25.6. The molecule has 0 atom stereocenters. The summed E-state index contributed by atoms with van der Waals surface area (Å²) < 4.78 is 5.19. The van der Waals surface area contributed by atoms with Crippen LogP contribution in [0, 0.1) is 0 Å². The summed E-state index contributed by atoms with van der Waals surface area (Å²) in [6.45, 7) is 2.50. The lowest BCUT2D eigenvalue weighted by molar-refractivity contribution is -0.134. The fourth-order valence-electron chi connectivity index (χ4n) is 2.71. The molecule has 0 aliphatic heterocycles. The van der Waals surface area contributed by atoms with Crippen molar-refractivity contribution in [2.45, 2.75) is 19.8 Å². The molecule has 0 aliphatic rings. The van der Waals surface area contributed by atoms with Crippen LogP contribution in [0.1, 0.15) is 18.1 Å². The second kappa shape index (κ2) is 10.6. The number of benzene rings is 2. The van der Waals surface area contributed by atoms with Crippen molar-refractivity contribution in [1.82, 2.24) is 10.2 Å². The molecule has 0 saturated heterocycles. The minimum absolute atomic E-state index is 0.0496. The number of carbonyl (C=O) groups excluding carboxylic acids is 2. The van der Waals surface area contributed by atoms with E-state index in [4.69, 9.17) is 16.3 Å². The molecule has 0 saturated carbocycles. The number of methoxy groups -OCH3 is 1. The van der Waals surface area contributed by atoms with Gasteiger partial charge in [0.05, 0.1) is 13.7 Å². The zero-order valence-electron chi connectivity index (χ0n) is 15.7. The van der Waals surface area contributed by atoms with Crippen LogP contribution in [0.5, 0.6) is 5.75 Å². The highest BCUT2D eigenvalue weighted by atomic mass is 35.5. The number of hydrogen-bond donors (Lipinski definition) is 1. The van der Waals surface area contributed by atoms with Gasteiger partial charge in [0.2, 0.25) is 11.8 Å². The van der Waals surface area contributed by atoms with Crippen LogP contribution in [-0.2, 0) is 22.4 Å². The largest absolute Gasteiger partial charge is 0.497 e. The third-order valence-electron chi connectivity index (χ3n) is 4.21. The monoisotopic (exact) mass is 388 g/mol. The fourth-order valence-corrected chi connectivity index (χ4v) is 2.92. The molecule has 2 amide bonds. The maximum Gasteiger partial charge on any atom is 0.239 e. The molecule has 0 radical (unpaired) electrons. The Morgan fingerprint density at radius 3 is 2.44 bits per heavy atom. The SMILES string of the molecule is COc1cccc(CCNC(=O)CN(CCc2cccc(Cl)c2)C(C)=O)c1. The van der Waals surface area contributed by atoms with E-state index in [9.17, 15) is 9.59 Å². The van der Waals surface area contributed by atoms with Gasteiger partial charge < -0.3 is 15.0 Å². The number of nitrogens with zero attached hydrogens (tertiary/aromatic N) is 1. The zero-order chi connectivity index (χ0) is 19.6. The van der Waals surface area contributed by atoms with Gasteiger partial charge in [-0.25, -0.2) is 0 Å². The van der Waals surface area contributed by atoms with Gasteiger partial charge in [0, 0.05) is 25.0 Å². The van der Waals surface area contributed by atoms with E-state index in [1.165, 1.54) is 6.92 Å². The van der Waals surface area contributed by atoms with E-state index in [1.54, 1.807) is 12.0 Å². The normalized spacial score (nSPS) is 10.3. The molecule has 0 heterocycles. The molecule has 27 heavy (non-hydrogen) atoms. The van der Waals surface area contributed by atoms with Crippen LogP contribution in [-0.4, -0.2) is 43.5 Å². The molecule has 1 N–H and O–H groups in total. The lowest BCUT2D eigenvalue weighted by Gasteiger charge is -2.20. The molecule has 2 aromatic rings. The van der Waals surface area contributed by atoms with Gasteiger partial charge in [-0.05, 0) is 48.2 Å². The predicted molar refractivity (Wildman–Crippen MR) is 107 cm³/mol. The first-order valence-electron chi connectivity index (χ1n) is 8.87. The van der Waals surface area contributed by atoms with Crippen LogP contribution in [0.15, 0.2) is 48.5 Å². The molecule has 0 spiro atoms. The molecule has 5 nitrogen and oxygen atoms in total. The van der Waals surface area contributed by atoms with Crippen molar-refractivity contribution in [3.8, 4) is 5.75 Å². The summed E-state index contributed by atoms with van der Waals surface area (Å²) >= 11 is 5.98. The third-order valence-corrected chi connectivity index (χ3v) is 4.44. The molecule has 2 aromatic carbocycles. The number of amides is 2. The topological polar surface area (TPSA) is 58.6 Å². The van der Waals surface area contributed by atoms with E-state index in [-0.39, 0.29) is 18.4 Å². The minimum Gasteiger partial charge on any atom is -0.497 e. The van der Waals surface area contributed by atoms with Crippen molar-refractivity contribution in [2.75, 3.05) is 26.7 Å². The number of halogens is 1. The van der Waals surface area contributed by atoms with Crippen molar-refractivity contribution in [3.05, 3.63) is 64.7 Å². The van der Waals surface area contributed by atoms with E-state index in [1.807, 2.05) is 48.5 Å². The second-order valence-electron chi connectivity index (χ2n) is 6.27. The van der Waals surface area contributed by atoms with E-state index in [0.717, 1.165) is 16.9 Å². The van der Waals surface area contributed by atoms with Crippen molar-refractivity contribution in [1.29, 1.82) is 0 Å². The van der Waals surface area contributed by atoms with Crippen molar-refractivity contribution in [2.24, 2.45) is 0 Å². The Hall–Kier alpha value is -2.53. The Labute approximate surface area is 165 Å². The van der Waals surface area contributed by atoms with E-state index in [2.05, 4.69) is 5.32 Å². The smallest absolute Gasteiger partial charge is 0.239 e. The molecular weight excluding hydrogens is 364 g/mol. The number of rotatable bonds is 9. The van der Waals surface area contributed by atoms with E-state index >= 15 is 0 Å². The summed E-state index contributed by atoms with van der Waals surface area (Å²) in [6.07, 6.45) is 1.35. The predicted octanol–water partition coefficient (Wildman–Crippen LogP) is 3.10. The van der Waals surface area contributed by atoms with Crippen molar-refractivity contribution >= 4 is 23.4 Å². The highest BCUT2D eigenvalue weighted by molar-refractivity contribution is 6.30. The molecule has 0 bridgehead atoms. The van der Waals surface area contributed by atoms with Gasteiger partial charge >= 0.3 is 0 Å². The molecular formula is C21H25ClN2O3. The molecule has 2 rings (SSSR count). The van der Waals surface area contributed by atoms with Crippen LogP contribution in [0.2, 0.25) is 5.02 Å². The van der Waals surface area contributed by atoms with Gasteiger partial charge in [0.15, 0.2) is 0 Å². The first-order chi connectivity index (χ1) is 13.0. The quantitative estimate of drug-likeness (QED) is 0.718. The van der Waals surface area contributed by atoms with Gasteiger partial charge in [-0.3, -0.25) is 9.59 Å². The summed E-state index contributed by atoms with van der Waals surface area (Å²) in [6, 6.07) is 15.2. The first-order valence-corrected chi connectivity index (χ1v) is 9.25. The highest BCUT2D eigenvalue weighted by Gasteiger charge is 2.13. The van der Waals surface area contributed by atoms with Crippen LogP contribution in [0.3, 0.4) is 0 Å². The Bertz CT molecular complexity index is 780. The van der Waals surface area contributed by atoms with E-state index in [0.29, 0.717) is 31.0 Å². The molecule has 0 fully saturated rings. The van der Waals surface area contributed by atoms with Crippen LogP contribution >= 0.6 is 11.6 Å². The summed E-state index contributed by atoms with van der Waals surface area (Å²) in [7, 11) is 1.63. The standard InChI is InChI=1S/C21H25ClN2O3/c1-16(25)24(12-10-18-5-3-7-19(22)13-18)15-21(26)23-11-9-17-6-4-8-20(14-17)27-2/h3-8,13-14H,9-12,15H2,1-2H3,(H,23,26). The van der Waals surface area contributed by atoms with Crippen LogP contribution in [0.25, 0.3) is 0 Å². The Balaban J connectivity index is 1.79. The van der Waals surface area contributed by atoms with Gasteiger partial charge in [-0.15, -0.1) is 0 Å². The summed E-state index contributed by atoms with van der Waals surface area (Å²) in [5, 5.41) is 3.53. The molecule has 0 aromatic heterocycles. The van der Waals surface area contributed by atoms with Crippen molar-refractivity contribution in [3.63, 3.8) is 0 Å². The number of hydrogen-bond acceptors (Lipinski definition) is 3. The molecule has 6 heteroatoms. The number of ether oxygens (including phenoxy) is 1. The van der Waals surface area contributed by atoms with Gasteiger partial charge in [-0.2, -0.15) is 0 Å². The average Bonchev–Trinajstić information content (AvgIpc) is 2.65. The summed E-state index contributed by atoms with van der Waals surface area (Å²) in [5.41, 5.74) is 2.12. The van der Waals surface area contributed by atoms with Gasteiger partial charge in [0.1, 0.15) is 5.75 Å². The molecule has 0 aliphatic carbocycles. The van der Waals surface area contributed by atoms with Crippen molar-refractivity contribution < 1.29 is 14.3 Å². The minimum atomic E-state index is -0.167. The maximum absolute atomic E-state index is 12.2. The Morgan fingerprint density at radius 2 is 1.78 bits per heavy atom. The fraction of sp³-hybridized carbons (Fsp3) is 0.333. The second-order valence-corrected chi connectivity index (χ2v) is 6.71. The lowest BCUT2D eigenvalue weighted by Crippen LogP contribution is -2.41. The lowest BCUT2D eigenvalue weighted by atomic mass is 10.1. The maximum atomic E-state index is 12.2. The first kappa shape index (κ1) is 20.8. The average molecular weight is 389 g/mol. The molecule has 144 valence electrons. The Kier molecular flexibility index (Phi) is 8.14. The van der Waals surface area contributed by atoms with Gasteiger partial charge in [-0.1, -0.05) is 35.9 Å².